The van der Waals surface area contributed by atoms with Crippen molar-refractivity contribution in [1.29, 1.82) is 0 Å². The molecule has 0 amide bonds. The summed E-state index contributed by atoms with van der Waals surface area (Å²) in [5.74, 6) is 3.94. The second-order valence-electron chi connectivity index (χ2n) is 12.7. The molecule has 6 aliphatic rings. The summed E-state index contributed by atoms with van der Waals surface area (Å²) < 4.78 is 13.3. The van der Waals surface area contributed by atoms with E-state index in [-0.39, 0.29) is 11.9 Å². The van der Waals surface area contributed by atoms with Crippen molar-refractivity contribution in [3.8, 4) is 0 Å². The van der Waals surface area contributed by atoms with Crippen molar-refractivity contribution < 1.29 is 14.6 Å². The predicted molar refractivity (Wildman–Crippen MR) is 118 cm³/mol. The Morgan fingerprint density at radius 3 is 2.63 bits per heavy atom. The number of allylic oxidation sites excluding steroid dienone is 1. The van der Waals surface area contributed by atoms with Crippen LogP contribution in [0.2, 0.25) is 0 Å². The van der Waals surface area contributed by atoms with Crippen molar-refractivity contribution >= 4 is 0 Å². The zero-order valence-corrected chi connectivity index (χ0v) is 19.5. The van der Waals surface area contributed by atoms with E-state index in [1.807, 2.05) is 0 Å². The fraction of sp³-hybridized carbons (Fsp3) is 0.926. The first kappa shape index (κ1) is 20.2. The van der Waals surface area contributed by atoms with Gasteiger partial charge in [0.1, 0.15) is 0 Å². The predicted octanol–water partition coefficient (Wildman–Crippen LogP) is 5.71. The first-order valence-corrected chi connectivity index (χ1v) is 13.0. The van der Waals surface area contributed by atoms with Crippen LogP contribution in [0.15, 0.2) is 11.6 Å². The molecule has 0 unspecified atom stereocenters. The summed E-state index contributed by atoms with van der Waals surface area (Å²) in [5.41, 5.74) is 2.31. The van der Waals surface area contributed by atoms with Gasteiger partial charge in [0.15, 0.2) is 5.79 Å². The average molecular weight is 415 g/mol. The highest BCUT2D eigenvalue weighted by Gasteiger charge is 2.68. The maximum Gasteiger partial charge on any atom is 0.171 e. The summed E-state index contributed by atoms with van der Waals surface area (Å²) in [6.07, 6.45) is 13.5. The van der Waals surface area contributed by atoms with Gasteiger partial charge in [-0.3, -0.25) is 0 Å². The highest BCUT2D eigenvalue weighted by atomic mass is 16.7. The number of fused-ring (bicyclic) bond motifs is 7. The van der Waals surface area contributed by atoms with E-state index in [0.717, 1.165) is 43.6 Å². The molecule has 0 aromatic carbocycles. The highest BCUT2D eigenvalue weighted by molar-refractivity contribution is 5.26. The normalized spacial score (nSPS) is 59.8. The van der Waals surface area contributed by atoms with Crippen LogP contribution in [0.4, 0.5) is 0 Å². The van der Waals surface area contributed by atoms with Crippen molar-refractivity contribution in [2.75, 3.05) is 6.61 Å². The van der Waals surface area contributed by atoms with Crippen LogP contribution >= 0.6 is 0 Å². The minimum absolute atomic E-state index is 0.107. The quantitative estimate of drug-likeness (QED) is 0.516. The van der Waals surface area contributed by atoms with Gasteiger partial charge in [-0.05, 0) is 91.8 Å². The van der Waals surface area contributed by atoms with Gasteiger partial charge in [-0.25, -0.2) is 0 Å². The molecular weight excluding hydrogens is 372 g/mol. The summed E-state index contributed by atoms with van der Waals surface area (Å²) in [6.45, 7) is 10.8. The Bertz CT molecular complexity index is 736. The molecule has 3 nitrogen and oxygen atoms in total. The number of hydrogen-bond donors (Lipinski definition) is 1. The lowest BCUT2D eigenvalue weighted by atomic mass is 9.47. The fourth-order valence-corrected chi connectivity index (χ4v) is 9.66. The molecule has 1 N–H and O–H groups in total. The lowest BCUT2D eigenvalue weighted by Gasteiger charge is -2.58. The minimum Gasteiger partial charge on any atom is -0.393 e. The number of ether oxygens (including phenoxy) is 2. The van der Waals surface area contributed by atoms with Gasteiger partial charge in [0.2, 0.25) is 0 Å². The Morgan fingerprint density at radius 2 is 1.87 bits per heavy atom. The molecule has 11 atom stereocenters. The Morgan fingerprint density at radius 1 is 1.03 bits per heavy atom. The second-order valence-corrected chi connectivity index (χ2v) is 12.7. The molecule has 0 aromatic heterocycles. The van der Waals surface area contributed by atoms with Crippen molar-refractivity contribution in [3.63, 3.8) is 0 Å². The van der Waals surface area contributed by atoms with Gasteiger partial charge < -0.3 is 14.6 Å². The van der Waals surface area contributed by atoms with E-state index in [1.54, 1.807) is 5.57 Å². The molecule has 2 saturated heterocycles. The molecule has 6 rings (SSSR count). The molecule has 2 heterocycles. The number of rotatable bonds is 0. The van der Waals surface area contributed by atoms with E-state index in [1.165, 1.54) is 38.5 Å². The van der Waals surface area contributed by atoms with Crippen molar-refractivity contribution in [1.82, 2.24) is 0 Å². The molecular formula is C27H42O3. The minimum atomic E-state index is -0.294. The lowest BCUT2D eigenvalue weighted by molar-refractivity contribution is -0.272. The van der Waals surface area contributed by atoms with Gasteiger partial charge in [0, 0.05) is 12.3 Å². The van der Waals surface area contributed by atoms with E-state index in [0.29, 0.717) is 34.7 Å². The fourth-order valence-electron chi connectivity index (χ4n) is 9.66. The summed E-state index contributed by atoms with van der Waals surface area (Å²) in [7, 11) is 0. The average Bonchev–Trinajstić information content (AvgIpc) is 3.16. The van der Waals surface area contributed by atoms with Crippen LogP contribution in [0.25, 0.3) is 0 Å². The van der Waals surface area contributed by atoms with Gasteiger partial charge in [-0.1, -0.05) is 39.3 Å². The van der Waals surface area contributed by atoms with E-state index in [4.69, 9.17) is 9.47 Å². The molecule has 0 radical (unpaired) electrons. The first-order chi connectivity index (χ1) is 14.3. The zero-order valence-electron chi connectivity index (χ0n) is 19.5. The largest absolute Gasteiger partial charge is 0.393 e. The maximum absolute atomic E-state index is 10.3. The van der Waals surface area contributed by atoms with Crippen LogP contribution in [-0.2, 0) is 9.47 Å². The van der Waals surface area contributed by atoms with Crippen LogP contribution < -0.4 is 0 Å². The smallest absolute Gasteiger partial charge is 0.171 e. The third kappa shape index (κ3) is 2.55. The Labute approximate surface area is 183 Å². The van der Waals surface area contributed by atoms with Crippen LogP contribution in [0.3, 0.4) is 0 Å². The molecule has 2 aliphatic heterocycles. The molecule has 5 fully saturated rings. The third-order valence-corrected chi connectivity index (χ3v) is 11.3. The van der Waals surface area contributed by atoms with E-state index < -0.39 is 0 Å². The summed E-state index contributed by atoms with van der Waals surface area (Å²) >= 11 is 0. The van der Waals surface area contributed by atoms with Gasteiger partial charge in [0.25, 0.3) is 0 Å². The molecule has 30 heavy (non-hydrogen) atoms. The standard InChI is InChI=1S/C27H42O3/c1-16-7-12-27(29-15-16)17(2)24-23(30-27)14-22-20-6-5-18-13-19(28)8-10-25(18,3)21(20)9-11-26(22,24)4/h5,16-17,19-24,28H,6-15H2,1-4H3/t16-,17-,19-,20+,21-,22-,23-,24-,25-,26-,27+/m0/s1. The Balaban J connectivity index is 1.28. The molecule has 3 heteroatoms. The number of hydrogen-bond acceptors (Lipinski definition) is 3. The summed E-state index contributed by atoms with van der Waals surface area (Å²) in [5, 5.41) is 10.3. The molecule has 168 valence electrons. The highest BCUT2D eigenvalue weighted by Crippen LogP contribution is 2.70. The molecule has 3 saturated carbocycles. The van der Waals surface area contributed by atoms with Crippen LogP contribution in [-0.4, -0.2) is 29.7 Å². The van der Waals surface area contributed by atoms with Gasteiger partial charge >= 0.3 is 0 Å². The molecule has 4 aliphatic carbocycles. The molecule has 1 spiro atoms. The second kappa shape index (κ2) is 6.58. The Kier molecular flexibility index (Phi) is 4.44. The lowest BCUT2D eigenvalue weighted by Crippen LogP contribution is -2.52. The van der Waals surface area contributed by atoms with Gasteiger partial charge in [-0.2, -0.15) is 0 Å². The van der Waals surface area contributed by atoms with E-state index in [2.05, 4.69) is 33.8 Å². The van der Waals surface area contributed by atoms with E-state index >= 15 is 0 Å². The van der Waals surface area contributed by atoms with Gasteiger partial charge in [-0.15, -0.1) is 0 Å². The Hall–Kier alpha value is -0.380. The van der Waals surface area contributed by atoms with Crippen molar-refractivity contribution in [3.05, 3.63) is 11.6 Å². The number of aliphatic hydroxyl groups excluding tert-OH is 1. The first-order valence-electron chi connectivity index (χ1n) is 13.0. The molecule has 0 aromatic rings. The zero-order chi connectivity index (χ0) is 20.9. The topological polar surface area (TPSA) is 38.7 Å². The summed E-state index contributed by atoms with van der Waals surface area (Å²) in [4.78, 5) is 0. The maximum atomic E-state index is 10.3. The molecule has 0 bridgehead atoms. The van der Waals surface area contributed by atoms with Crippen molar-refractivity contribution in [2.24, 2.45) is 46.3 Å². The van der Waals surface area contributed by atoms with E-state index in [9.17, 15) is 5.11 Å². The van der Waals surface area contributed by atoms with Gasteiger partial charge in [0.05, 0.1) is 18.8 Å². The van der Waals surface area contributed by atoms with Crippen LogP contribution in [0.1, 0.15) is 85.5 Å². The van der Waals surface area contributed by atoms with Crippen LogP contribution in [0.5, 0.6) is 0 Å². The SMILES string of the molecule is C[C@H]1CC[C@@]2(OC1)O[C@H]1C[C@H]3[C@@H]4CC=C5C[C@@H](O)CC[C@]5(C)[C@H]4CC[C@]3(C)[C@H]1[C@@H]2C. The third-order valence-electron chi connectivity index (χ3n) is 11.3. The van der Waals surface area contributed by atoms with Crippen LogP contribution in [0, 0.1) is 46.3 Å². The van der Waals surface area contributed by atoms with Crippen molar-refractivity contribution in [2.45, 2.75) is 103 Å². The number of aliphatic hydroxyl groups is 1. The monoisotopic (exact) mass is 414 g/mol. The summed E-state index contributed by atoms with van der Waals surface area (Å²) in [6, 6.07) is 0.